The first kappa shape index (κ1) is 18.9. The summed E-state index contributed by atoms with van der Waals surface area (Å²) in [6.45, 7) is 3.23. The SMILES string of the molecule is CC(CS)C(=O)[N@+]1(C(=O)O)CC(O)(c2cccc3ccccc23)CC1C. The number of carboxylic acid groups (broad SMARTS) is 1. The quantitative estimate of drug-likeness (QED) is 0.569. The van der Waals surface area contributed by atoms with Crippen molar-refractivity contribution in [2.24, 2.45) is 5.92 Å². The van der Waals surface area contributed by atoms with E-state index in [9.17, 15) is 19.8 Å². The molecule has 2 amide bonds. The third-order valence-corrected chi connectivity index (χ3v) is 6.17. The van der Waals surface area contributed by atoms with Gasteiger partial charge in [-0.15, -0.1) is 0 Å². The number of amides is 2. The van der Waals surface area contributed by atoms with Gasteiger partial charge in [-0.1, -0.05) is 42.5 Å². The number of aliphatic hydroxyl groups is 1. The predicted octanol–water partition coefficient (Wildman–Crippen LogP) is 3.41. The Morgan fingerprint density at radius 2 is 1.92 bits per heavy atom. The number of carbonyl (C=O) groups excluding carboxylic acids is 1. The number of thiol groups is 1. The van der Waals surface area contributed by atoms with Crippen LogP contribution in [0, 0.1) is 5.92 Å². The Kier molecular flexibility index (Phi) is 4.86. The van der Waals surface area contributed by atoms with Gasteiger partial charge in [-0.25, -0.2) is 4.79 Å². The van der Waals surface area contributed by atoms with Crippen molar-refractivity contribution in [3.05, 3.63) is 48.0 Å². The molecule has 1 heterocycles. The van der Waals surface area contributed by atoms with Crippen LogP contribution in [-0.4, -0.2) is 45.0 Å². The minimum Gasteiger partial charge on any atom is -0.435 e. The van der Waals surface area contributed by atoms with Crippen molar-refractivity contribution in [1.82, 2.24) is 0 Å². The molecule has 0 bridgehead atoms. The first-order valence-corrected chi connectivity index (χ1v) is 9.36. The summed E-state index contributed by atoms with van der Waals surface area (Å²) in [5, 5.41) is 23.3. The van der Waals surface area contributed by atoms with Crippen LogP contribution in [0.15, 0.2) is 42.5 Å². The van der Waals surface area contributed by atoms with Gasteiger partial charge in [0.1, 0.15) is 18.2 Å². The molecule has 138 valence electrons. The molecule has 0 saturated carbocycles. The molecule has 1 saturated heterocycles. The first-order valence-electron chi connectivity index (χ1n) is 8.73. The van der Waals surface area contributed by atoms with Crippen LogP contribution >= 0.6 is 12.6 Å². The fourth-order valence-electron chi connectivity index (χ4n) is 4.22. The third kappa shape index (κ3) is 2.73. The Labute approximate surface area is 158 Å². The summed E-state index contributed by atoms with van der Waals surface area (Å²) >= 11 is 4.16. The highest BCUT2D eigenvalue weighted by Gasteiger charge is 2.63. The summed E-state index contributed by atoms with van der Waals surface area (Å²) in [5.74, 6) is -0.645. The van der Waals surface area contributed by atoms with Crippen LogP contribution in [-0.2, 0) is 10.4 Å². The van der Waals surface area contributed by atoms with Crippen LogP contribution in [0.1, 0.15) is 25.8 Å². The lowest BCUT2D eigenvalue weighted by Crippen LogP contribution is -2.61. The molecule has 4 atom stereocenters. The summed E-state index contributed by atoms with van der Waals surface area (Å²) in [5.41, 5.74) is -0.708. The molecule has 26 heavy (non-hydrogen) atoms. The van der Waals surface area contributed by atoms with E-state index in [0.717, 1.165) is 10.8 Å². The van der Waals surface area contributed by atoms with Crippen LogP contribution < -0.4 is 0 Å². The molecule has 6 heteroatoms. The highest BCUT2D eigenvalue weighted by molar-refractivity contribution is 7.80. The van der Waals surface area contributed by atoms with Crippen molar-refractivity contribution in [1.29, 1.82) is 0 Å². The molecule has 1 fully saturated rings. The molecule has 2 aromatic rings. The van der Waals surface area contributed by atoms with Gasteiger partial charge in [0.05, 0.1) is 5.92 Å². The second-order valence-corrected chi connectivity index (χ2v) is 7.71. The molecule has 3 unspecified atom stereocenters. The zero-order valence-electron chi connectivity index (χ0n) is 14.9. The zero-order valence-corrected chi connectivity index (χ0v) is 15.8. The number of quaternary nitrogens is 1. The van der Waals surface area contributed by atoms with Crippen LogP contribution in [0.2, 0.25) is 0 Å². The summed E-state index contributed by atoms with van der Waals surface area (Å²) in [6, 6.07) is 12.8. The summed E-state index contributed by atoms with van der Waals surface area (Å²) in [4.78, 5) is 25.2. The second-order valence-electron chi connectivity index (χ2n) is 7.34. The Hall–Kier alpha value is -1.89. The van der Waals surface area contributed by atoms with E-state index in [4.69, 9.17) is 0 Å². The van der Waals surface area contributed by atoms with Gasteiger partial charge in [0.15, 0.2) is 0 Å². The van der Waals surface area contributed by atoms with E-state index in [-0.39, 0.29) is 18.7 Å². The van der Waals surface area contributed by atoms with Gasteiger partial charge < -0.3 is 10.2 Å². The van der Waals surface area contributed by atoms with Gasteiger partial charge in [-0.05, 0) is 30.2 Å². The normalized spacial score (nSPS) is 29.6. The summed E-state index contributed by atoms with van der Waals surface area (Å²) in [7, 11) is 0. The van der Waals surface area contributed by atoms with E-state index < -0.39 is 34.0 Å². The number of benzene rings is 2. The standard InChI is InChI=1S/C20H23NO4S/c1-13(11-26)18(22)21(19(23)24)12-20(25,10-14(21)2)17-9-5-7-15-6-3-4-8-16(15)17/h3-9,13-14,25H,10-12H2,1-2H3,(H-,23,24,26)/p+1/t13?,14?,20?,21-/m0/s1. The van der Waals surface area contributed by atoms with E-state index in [2.05, 4.69) is 12.6 Å². The van der Waals surface area contributed by atoms with Crippen molar-refractivity contribution in [3.8, 4) is 0 Å². The minimum absolute atomic E-state index is 0.172. The Balaban J connectivity index is 2.13. The smallest absolute Gasteiger partial charge is 0.435 e. The molecular weight excluding hydrogens is 350 g/mol. The number of rotatable bonds is 3. The molecule has 1 aliphatic rings. The molecule has 5 nitrogen and oxygen atoms in total. The first-order chi connectivity index (χ1) is 12.3. The maximum Gasteiger partial charge on any atom is 0.521 e. The van der Waals surface area contributed by atoms with Crippen molar-refractivity contribution >= 4 is 35.4 Å². The van der Waals surface area contributed by atoms with Crippen LogP contribution in [0.5, 0.6) is 0 Å². The number of hydrogen-bond donors (Lipinski definition) is 3. The second kappa shape index (κ2) is 6.68. The molecule has 0 spiro atoms. The number of imide groups is 1. The molecule has 0 aromatic heterocycles. The molecule has 2 N–H and O–H groups in total. The van der Waals surface area contributed by atoms with Crippen LogP contribution in [0.4, 0.5) is 4.79 Å². The zero-order chi connectivity index (χ0) is 19.1. The van der Waals surface area contributed by atoms with Crippen molar-refractivity contribution < 1.29 is 24.3 Å². The van der Waals surface area contributed by atoms with E-state index in [1.165, 1.54) is 0 Å². The topological polar surface area (TPSA) is 74.6 Å². The fourth-order valence-corrected chi connectivity index (χ4v) is 4.38. The van der Waals surface area contributed by atoms with Crippen molar-refractivity contribution in [2.45, 2.75) is 31.9 Å². The fraction of sp³-hybridized carbons (Fsp3) is 0.400. The number of carbonyl (C=O) groups is 2. The lowest BCUT2D eigenvalue weighted by Gasteiger charge is -2.32. The number of likely N-dealkylation sites (tertiary alicyclic amines) is 1. The predicted molar refractivity (Wildman–Crippen MR) is 103 cm³/mol. The summed E-state index contributed by atoms with van der Waals surface area (Å²) in [6.07, 6.45) is -1.01. The highest BCUT2D eigenvalue weighted by Crippen LogP contribution is 2.44. The van der Waals surface area contributed by atoms with Gasteiger partial charge in [-0.2, -0.15) is 21.9 Å². The van der Waals surface area contributed by atoms with E-state index >= 15 is 0 Å². The van der Waals surface area contributed by atoms with E-state index in [1.807, 2.05) is 42.5 Å². The van der Waals surface area contributed by atoms with Crippen LogP contribution in [0.3, 0.4) is 0 Å². The molecule has 3 rings (SSSR count). The maximum absolute atomic E-state index is 13.0. The van der Waals surface area contributed by atoms with E-state index in [1.54, 1.807) is 13.8 Å². The average molecular weight is 374 g/mol. The number of fused-ring (bicyclic) bond motifs is 1. The van der Waals surface area contributed by atoms with Crippen molar-refractivity contribution in [2.75, 3.05) is 12.3 Å². The van der Waals surface area contributed by atoms with Crippen LogP contribution in [0.25, 0.3) is 10.8 Å². The highest BCUT2D eigenvalue weighted by atomic mass is 32.1. The van der Waals surface area contributed by atoms with Gasteiger partial charge >= 0.3 is 12.0 Å². The lowest BCUT2D eigenvalue weighted by molar-refractivity contribution is -0.797. The number of nitrogens with zero attached hydrogens (tertiary/aromatic N) is 1. The number of hydrogen-bond acceptors (Lipinski definition) is 4. The van der Waals surface area contributed by atoms with E-state index in [0.29, 0.717) is 5.56 Å². The third-order valence-electron chi connectivity index (χ3n) is 5.62. The monoisotopic (exact) mass is 374 g/mol. The Morgan fingerprint density at radius 3 is 2.58 bits per heavy atom. The molecule has 1 aliphatic heterocycles. The van der Waals surface area contributed by atoms with Gasteiger partial charge in [0, 0.05) is 12.2 Å². The largest absolute Gasteiger partial charge is 0.521 e. The summed E-state index contributed by atoms with van der Waals surface area (Å²) < 4.78 is -0.762. The average Bonchev–Trinajstić information content (AvgIpc) is 2.92. The Morgan fingerprint density at radius 1 is 1.27 bits per heavy atom. The molecular formula is C20H24NO4S+. The molecule has 2 aromatic carbocycles. The van der Waals surface area contributed by atoms with Crippen molar-refractivity contribution in [3.63, 3.8) is 0 Å². The Bertz CT molecular complexity index is 865. The molecule has 0 aliphatic carbocycles. The van der Waals surface area contributed by atoms with Gasteiger partial charge in [0.2, 0.25) is 0 Å². The lowest BCUT2D eigenvalue weighted by atomic mass is 9.87. The molecule has 0 radical (unpaired) electrons. The van der Waals surface area contributed by atoms with Gasteiger partial charge in [0.25, 0.3) is 0 Å². The minimum atomic E-state index is -1.38. The maximum atomic E-state index is 13.0. The van der Waals surface area contributed by atoms with Gasteiger partial charge in [-0.3, -0.25) is 0 Å².